The monoisotopic (exact) mass is 256 g/mol. The van der Waals surface area contributed by atoms with Gasteiger partial charge in [-0.15, -0.1) is 0 Å². The zero-order valence-corrected chi connectivity index (χ0v) is 11.3. The summed E-state index contributed by atoms with van der Waals surface area (Å²) < 4.78 is 10.4. The van der Waals surface area contributed by atoms with Crippen molar-refractivity contribution in [3.8, 4) is 11.5 Å². The molecular formula is C16H16O3. The van der Waals surface area contributed by atoms with Crippen LogP contribution in [0.25, 0.3) is 0 Å². The maximum absolute atomic E-state index is 12.5. The lowest BCUT2D eigenvalue weighted by Gasteiger charge is -2.09. The second-order valence-electron chi connectivity index (χ2n) is 4.21. The van der Waals surface area contributed by atoms with Gasteiger partial charge in [-0.05, 0) is 42.8 Å². The summed E-state index contributed by atoms with van der Waals surface area (Å²) >= 11 is 0. The minimum atomic E-state index is -0.0526. The molecule has 0 aromatic heterocycles. The van der Waals surface area contributed by atoms with Crippen LogP contribution < -0.4 is 9.47 Å². The number of rotatable bonds is 4. The van der Waals surface area contributed by atoms with Gasteiger partial charge in [0.1, 0.15) is 11.5 Å². The molecular weight excluding hydrogens is 240 g/mol. The summed E-state index contributed by atoms with van der Waals surface area (Å²) in [6, 6.07) is 12.6. The lowest BCUT2D eigenvalue weighted by Crippen LogP contribution is -2.04. The molecule has 0 aliphatic rings. The van der Waals surface area contributed by atoms with Crippen LogP contribution in [0.1, 0.15) is 21.5 Å². The predicted molar refractivity (Wildman–Crippen MR) is 74.2 cm³/mol. The Kier molecular flexibility index (Phi) is 3.85. The number of benzene rings is 2. The van der Waals surface area contributed by atoms with Crippen molar-refractivity contribution in [1.82, 2.24) is 0 Å². The summed E-state index contributed by atoms with van der Waals surface area (Å²) in [5.74, 6) is 1.31. The maximum Gasteiger partial charge on any atom is 0.196 e. The first-order valence-corrected chi connectivity index (χ1v) is 5.99. The molecule has 3 nitrogen and oxygen atoms in total. The molecule has 0 amide bonds. The molecule has 0 N–H and O–H groups in total. The molecule has 0 fully saturated rings. The number of hydrogen-bond acceptors (Lipinski definition) is 3. The molecule has 0 spiro atoms. The molecule has 0 bridgehead atoms. The molecule has 2 aromatic carbocycles. The van der Waals surface area contributed by atoms with Crippen molar-refractivity contribution in [2.24, 2.45) is 0 Å². The van der Waals surface area contributed by atoms with E-state index in [0.29, 0.717) is 16.9 Å². The van der Waals surface area contributed by atoms with Gasteiger partial charge in [-0.3, -0.25) is 4.79 Å². The third-order valence-corrected chi connectivity index (χ3v) is 3.01. The number of para-hydroxylation sites is 1. The minimum Gasteiger partial charge on any atom is -0.496 e. The van der Waals surface area contributed by atoms with Gasteiger partial charge < -0.3 is 9.47 Å². The van der Waals surface area contributed by atoms with E-state index in [9.17, 15) is 4.79 Å². The number of carbonyl (C=O) groups excluding carboxylic acids is 1. The van der Waals surface area contributed by atoms with Gasteiger partial charge >= 0.3 is 0 Å². The van der Waals surface area contributed by atoms with Gasteiger partial charge in [-0.25, -0.2) is 0 Å². The van der Waals surface area contributed by atoms with E-state index in [1.807, 2.05) is 25.1 Å². The third-order valence-electron chi connectivity index (χ3n) is 3.01. The topological polar surface area (TPSA) is 35.5 Å². The van der Waals surface area contributed by atoms with E-state index in [-0.39, 0.29) is 5.78 Å². The number of aryl methyl sites for hydroxylation is 1. The quantitative estimate of drug-likeness (QED) is 0.788. The predicted octanol–water partition coefficient (Wildman–Crippen LogP) is 3.24. The Hall–Kier alpha value is -2.29. The van der Waals surface area contributed by atoms with Crippen molar-refractivity contribution < 1.29 is 14.3 Å². The van der Waals surface area contributed by atoms with Crippen molar-refractivity contribution in [1.29, 1.82) is 0 Å². The standard InChI is InChI=1S/C16H16O3/c1-11-10-12(8-9-14(11)18-2)16(17)13-6-4-5-7-15(13)19-3/h4-10H,1-3H3. The van der Waals surface area contributed by atoms with E-state index in [1.54, 1.807) is 38.5 Å². The van der Waals surface area contributed by atoms with Crippen LogP contribution in [0, 0.1) is 6.92 Å². The lowest BCUT2D eigenvalue weighted by molar-refractivity contribution is 0.103. The Morgan fingerprint density at radius 2 is 1.63 bits per heavy atom. The molecule has 2 rings (SSSR count). The largest absolute Gasteiger partial charge is 0.496 e. The summed E-state index contributed by atoms with van der Waals surface area (Å²) in [7, 11) is 3.18. The lowest BCUT2D eigenvalue weighted by atomic mass is 10.0. The molecule has 0 radical (unpaired) electrons. The molecule has 0 saturated heterocycles. The zero-order valence-electron chi connectivity index (χ0n) is 11.3. The summed E-state index contributed by atoms with van der Waals surface area (Å²) in [4.78, 5) is 12.5. The van der Waals surface area contributed by atoms with Gasteiger partial charge in [0.2, 0.25) is 0 Å². The van der Waals surface area contributed by atoms with Crippen LogP contribution in [0.15, 0.2) is 42.5 Å². The third kappa shape index (κ3) is 2.60. The highest BCUT2D eigenvalue weighted by atomic mass is 16.5. The Morgan fingerprint density at radius 3 is 2.26 bits per heavy atom. The summed E-state index contributed by atoms with van der Waals surface area (Å²) in [5, 5.41) is 0. The normalized spacial score (nSPS) is 10.1. The molecule has 0 heterocycles. The fourth-order valence-electron chi connectivity index (χ4n) is 2.01. The van der Waals surface area contributed by atoms with Crippen molar-refractivity contribution in [3.05, 3.63) is 59.2 Å². The van der Waals surface area contributed by atoms with E-state index < -0.39 is 0 Å². The van der Waals surface area contributed by atoms with Crippen molar-refractivity contribution in [2.45, 2.75) is 6.92 Å². The summed E-state index contributed by atoms with van der Waals surface area (Å²) in [6.07, 6.45) is 0. The molecule has 19 heavy (non-hydrogen) atoms. The van der Waals surface area contributed by atoms with Crippen LogP contribution in [0.2, 0.25) is 0 Å². The highest BCUT2D eigenvalue weighted by Crippen LogP contribution is 2.24. The average molecular weight is 256 g/mol. The van der Waals surface area contributed by atoms with Gasteiger partial charge in [0, 0.05) is 5.56 Å². The number of carbonyl (C=O) groups is 1. The highest BCUT2D eigenvalue weighted by Gasteiger charge is 2.14. The molecule has 0 saturated carbocycles. The average Bonchev–Trinajstić information content (AvgIpc) is 2.46. The first-order valence-electron chi connectivity index (χ1n) is 5.99. The van der Waals surface area contributed by atoms with Gasteiger partial charge in [0.15, 0.2) is 5.78 Å². The van der Waals surface area contributed by atoms with E-state index in [1.165, 1.54) is 0 Å². The van der Waals surface area contributed by atoms with E-state index in [4.69, 9.17) is 9.47 Å². The van der Waals surface area contributed by atoms with E-state index in [2.05, 4.69) is 0 Å². The first-order chi connectivity index (χ1) is 9.17. The fraction of sp³-hybridized carbons (Fsp3) is 0.188. The zero-order chi connectivity index (χ0) is 13.8. The molecule has 0 aliphatic heterocycles. The minimum absolute atomic E-state index is 0.0526. The van der Waals surface area contributed by atoms with Crippen LogP contribution >= 0.6 is 0 Å². The van der Waals surface area contributed by atoms with Crippen molar-refractivity contribution >= 4 is 5.78 Å². The van der Waals surface area contributed by atoms with Crippen molar-refractivity contribution in [3.63, 3.8) is 0 Å². The summed E-state index contributed by atoms with van der Waals surface area (Å²) in [5.41, 5.74) is 2.13. The number of methoxy groups -OCH3 is 2. The Labute approximate surface area is 112 Å². The van der Waals surface area contributed by atoms with Crippen LogP contribution in [-0.4, -0.2) is 20.0 Å². The molecule has 3 heteroatoms. The Morgan fingerprint density at radius 1 is 0.947 bits per heavy atom. The molecule has 0 unspecified atom stereocenters. The van der Waals surface area contributed by atoms with Crippen LogP contribution in [-0.2, 0) is 0 Å². The Balaban J connectivity index is 2.41. The highest BCUT2D eigenvalue weighted by molar-refractivity contribution is 6.10. The van der Waals surface area contributed by atoms with Crippen LogP contribution in [0.5, 0.6) is 11.5 Å². The van der Waals surface area contributed by atoms with Gasteiger partial charge in [-0.2, -0.15) is 0 Å². The smallest absolute Gasteiger partial charge is 0.196 e. The second kappa shape index (κ2) is 5.57. The fourth-order valence-corrected chi connectivity index (χ4v) is 2.01. The SMILES string of the molecule is COc1ccc(C(=O)c2ccccc2OC)cc1C. The summed E-state index contributed by atoms with van der Waals surface area (Å²) in [6.45, 7) is 1.91. The Bertz CT molecular complexity index is 603. The van der Waals surface area contributed by atoms with Gasteiger partial charge in [0.25, 0.3) is 0 Å². The number of ether oxygens (including phenoxy) is 2. The van der Waals surface area contributed by atoms with E-state index >= 15 is 0 Å². The molecule has 98 valence electrons. The van der Waals surface area contributed by atoms with Crippen LogP contribution in [0.4, 0.5) is 0 Å². The first kappa shape index (κ1) is 13.1. The van der Waals surface area contributed by atoms with Gasteiger partial charge in [0.05, 0.1) is 19.8 Å². The van der Waals surface area contributed by atoms with Crippen molar-refractivity contribution in [2.75, 3.05) is 14.2 Å². The van der Waals surface area contributed by atoms with Gasteiger partial charge in [-0.1, -0.05) is 12.1 Å². The van der Waals surface area contributed by atoms with E-state index in [0.717, 1.165) is 11.3 Å². The number of ketones is 1. The maximum atomic E-state index is 12.5. The molecule has 0 atom stereocenters. The second-order valence-corrected chi connectivity index (χ2v) is 4.21. The molecule has 2 aromatic rings. The molecule has 0 aliphatic carbocycles. The van der Waals surface area contributed by atoms with Crippen LogP contribution in [0.3, 0.4) is 0 Å². The number of hydrogen-bond donors (Lipinski definition) is 0.